The molecule has 0 spiro atoms. The van der Waals surface area contributed by atoms with Crippen LogP contribution in [0.25, 0.3) is 0 Å². The molecule has 2 bridgehead atoms. The zero-order chi connectivity index (χ0) is 32.6. The summed E-state index contributed by atoms with van der Waals surface area (Å²) in [6, 6.07) is 11.8. The van der Waals surface area contributed by atoms with Crippen molar-refractivity contribution in [3.63, 3.8) is 0 Å². The highest BCUT2D eigenvalue weighted by Crippen LogP contribution is 2.68. The predicted octanol–water partition coefficient (Wildman–Crippen LogP) is 2.60. The maximum absolute atomic E-state index is 13.6. The van der Waals surface area contributed by atoms with E-state index in [2.05, 4.69) is 32.7 Å². The van der Waals surface area contributed by atoms with Crippen molar-refractivity contribution in [2.45, 2.75) is 96.9 Å². The fourth-order valence-corrected chi connectivity index (χ4v) is 9.37. The first-order valence-corrected chi connectivity index (χ1v) is 17.3. The minimum atomic E-state index is -0.683. The van der Waals surface area contributed by atoms with Crippen LogP contribution in [0.1, 0.15) is 70.9 Å². The molecule has 7 nitrogen and oxygen atoms in total. The number of hydrogen-bond acceptors (Lipinski definition) is 6. The standard InChI is InChI=1S/C37H48N2O5S.HI/c1-7-35(5)20-30(36(6)25(3)12-16-37(26(4)34(35)43)17-13-29(40)33(36)37)44-32(42)23-45-28-14-18-39(19-15-28)22-31(41)38-21-27-11-9-8-10-24(27)2;/h7-11,14-15,18-19,25-26,30,33-34,43H,1,12-13,16-17,20-23H2,2-6H3;1H/t25-,26+,30-,33+,34+,35-,36+,37+;/m1./s1. The van der Waals surface area contributed by atoms with Gasteiger partial charge in [0.2, 0.25) is 6.54 Å². The van der Waals surface area contributed by atoms with E-state index in [0.717, 1.165) is 35.3 Å². The number of carbonyl (C=O) groups excluding carboxylic acids is 3. The first-order chi connectivity index (χ1) is 21.3. The van der Waals surface area contributed by atoms with Crippen molar-refractivity contribution in [1.82, 2.24) is 5.32 Å². The van der Waals surface area contributed by atoms with Crippen molar-refractivity contribution < 1.29 is 52.8 Å². The largest absolute Gasteiger partial charge is 1.00 e. The predicted molar refractivity (Wildman–Crippen MR) is 175 cm³/mol. The van der Waals surface area contributed by atoms with Gasteiger partial charge in [0.1, 0.15) is 11.9 Å². The summed E-state index contributed by atoms with van der Waals surface area (Å²) >= 11 is 1.39. The molecule has 3 aliphatic carbocycles. The van der Waals surface area contributed by atoms with Gasteiger partial charge in [0.25, 0.3) is 5.91 Å². The van der Waals surface area contributed by atoms with Crippen molar-refractivity contribution in [1.29, 1.82) is 0 Å². The Morgan fingerprint density at radius 2 is 1.85 bits per heavy atom. The van der Waals surface area contributed by atoms with Crippen LogP contribution in [-0.4, -0.2) is 40.7 Å². The number of ether oxygens (including phenoxy) is 1. The number of carbonyl (C=O) groups is 3. The highest BCUT2D eigenvalue weighted by atomic mass is 127. The van der Waals surface area contributed by atoms with Crippen LogP contribution >= 0.6 is 11.8 Å². The number of nitrogens with zero attached hydrogens (tertiary/aromatic N) is 1. The van der Waals surface area contributed by atoms with Crippen LogP contribution in [0.15, 0.2) is 66.3 Å². The lowest BCUT2D eigenvalue weighted by Crippen LogP contribution is -3.00. The molecule has 1 aromatic carbocycles. The molecule has 0 radical (unpaired) electrons. The average molecular weight is 761 g/mol. The number of aryl methyl sites for hydroxylation is 1. The van der Waals surface area contributed by atoms with Crippen molar-refractivity contribution in [2.75, 3.05) is 5.75 Å². The highest BCUT2D eigenvalue weighted by molar-refractivity contribution is 8.00. The highest BCUT2D eigenvalue weighted by Gasteiger charge is 2.68. The number of benzene rings is 1. The number of aliphatic hydroxyl groups is 1. The van der Waals surface area contributed by atoms with Crippen LogP contribution in [0.4, 0.5) is 0 Å². The number of amides is 1. The number of halogens is 1. The lowest BCUT2D eigenvalue weighted by Gasteiger charge is -2.61. The van der Waals surface area contributed by atoms with Gasteiger partial charge in [-0.2, -0.15) is 4.57 Å². The average Bonchev–Trinajstić information content (AvgIpc) is 3.38. The van der Waals surface area contributed by atoms with Crippen LogP contribution in [0, 0.1) is 40.9 Å². The van der Waals surface area contributed by atoms with E-state index in [4.69, 9.17) is 4.74 Å². The van der Waals surface area contributed by atoms with E-state index in [0.29, 0.717) is 19.4 Å². The molecule has 1 aromatic heterocycles. The van der Waals surface area contributed by atoms with E-state index in [-0.39, 0.29) is 77.1 Å². The second-order valence-electron chi connectivity index (χ2n) is 14.3. The Labute approximate surface area is 295 Å². The van der Waals surface area contributed by atoms with Crippen LogP contribution in [-0.2, 0) is 32.2 Å². The Bertz CT molecular complexity index is 1450. The molecule has 8 atom stereocenters. The number of thioether (sulfide) groups is 1. The van der Waals surface area contributed by atoms with Gasteiger partial charge in [-0.05, 0) is 61.0 Å². The number of hydrogen-bond donors (Lipinski definition) is 2. The molecule has 3 aliphatic rings. The monoisotopic (exact) mass is 760 g/mol. The Kier molecular flexibility index (Phi) is 11.5. The van der Waals surface area contributed by atoms with Crippen LogP contribution in [0.2, 0.25) is 0 Å². The first kappa shape index (κ1) is 36.6. The summed E-state index contributed by atoms with van der Waals surface area (Å²) in [6.07, 6.45) is 7.87. The number of ketones is 1. The Morgan fingerprint density at radius 1 is 1.15 bits per heavy atom. The second-order valence-corrected chi connectivity index (χ2v) is 15.3. The smallest absolute Gasteiger partial charge is 0.316 e. The fourth-order valence-electron chi connectivity index (χ4n) is 8.71. The van der Waals surface area contributed by atoms with Crippen molar-refractivity contribution in [3.8, 4) is 0 Å². The van der Waals surface area contributed by atoms with E-state index in [9.17, 15) is 19.5 Å². The van der Waals surface area contributed by atoms with Gasteiger partial charge in [-0.25, -0.2) is 0 Å². The molecular formula is C37H49IN2O5S. The summed E-state index contributed by atoms with van der Waals surface area (Å²) in [5.74, 6) is -0.141. The molecule has 46 heavy (non-hydrogen) atoms. The molecule has 3 fully saturated rings. The summed E-state index contributed by atoms with van der Waals surface area (Å²) in [4.78, 5) is 40.5. The number of aliphatic hydroxyl groups excluding tert-OH is 1. The third-order valence-electron chi connectivity index (χ3n) is 11.9. The van der Waals surface area contributed by atoms with E-state index in [1.54, 1.807) is 0 Å². The number of nitrogens with one attached hydrogen (secondary N) is 1. The van der Waals surface area contributed by atoms with Gasteiger partial charge in [-0.3, -0.25) is 14.4 Å². The van der Waals surface area contributed by atoms with Gasteiger partial charge in [-0.1, -0.05) is 58.0 Å². The van der Waals surface area contributed by atoms with E-state index >= 15 is 0 Å². The van der Waals surface area contributed by atoms with Crippen LogP contribution in [0.5, 0.6) is 0 Å². The Hall–Kier alpha value is -2.24. The molecule has 0 unspecified atom stereocenters. The second kappa shape index (κ2) is 14.5. The van der Waals surface area contributed by atoms with Gasteiger partial charge in [0.05, 0.1) is 11.9 Å². The molecule has 0 aliphatic heterocycles. The van der Waals surface area contributed by atoms with Crippen molar-refractivity contribution in [3.05, 3.63) is 72.6 Å². The number of esters is 1. The molecule has 1 heterocycles. The summed E-state index contributed by atoms with van der Waals surface area (Å²) in [6.45, 7) is 15.3. The molecule has 3 saturated carbocycles. The lowest BCUT2D eigenvalue weighted by molar-refractivity contribution is -0.684. The molecule has 250 valence electrons. The molecule has 2 N–H and O–H groups in total. The normalized spacial score (nSPS) is 33.5. The number of rotatable bonds is 9. The Morgan fingerprint density at radius 3 is 2.52 bits per heavy atom. The SMILES string of the molecule is C=C[C@]1(C)C[C@@H](OC(=O)CSc2cc[n+](CC(=O)NCc3ccccc3C)cc2)[C@]2(C)[C@H](C)CC[C@]3(CCC(=O)[C@H]32)[C@@H](C)[C@@H]1O.[I-]. The van der Waals surface area contributed by atoms with Crippen LogP contribution in [0.3, 0.4) is 0 Å². The summed E-state index contributed by atoms with van der Waals surface area (Å²) in [5, 5.41) is 14.7. The van der Waals surface area contributed by atoms with Gasteiger partial charge < -0.3 is 39.1 Å². The minimum absolute atomic E-state index is 0. The Balaban J connectivity index is 0.00000480. The molecular weight excluding hydrogens is 711 g/mol. The lowest BCUT2D eigenvalue weighted by atomic mass is 9.44. The third-order valence-corrected chi connectivity index (χ3v) is 12.8. The third kappa shape index (κ3) is 6.83. The zero-order valence-electron chi connectivity index (χ0n) is 27.8. The number of Topliss-reactive ketones (excluding diaryl/α,β-unsaturated/α-hetero) is 1. The molecule has 0 saturated heterocycles. The van der Waals surface area contributed by atoms with E-state index < -0.39 is 23.0 Å². The molecule has 9 heteroatoms. The maximum atomic E-state index is 13.6. The van der Waals surface area contributed by atoms with E-state index in [1.807, 2.05) is 73.3 Å². The van der Waals surface area contributed by atoms with Crippen molar-refractivity contribution >= 4 is 29.4 Å². The quantitative estimate of drug-likeness (QED) is 0.134. The molecule has 2 aromatic rings. The summed E-state index contributed by atoms with van der Waals surface area (Å²) < 4.78 is 8.17. The number of pyridine rings is 1. The van der Waals surface area contributed by atoms with Crippen LogP contribution < -0.4 is 33.9 Å². The zero-order valence-corrected chi connectivity index (χ0v) is 30.7. The van der Waals surface area contributed by atoms with E-state index in [1.165, 1.54) is 11.8 Å². The molecule has 1 amide bonds. The molecule has 5 rings (SSSR count). The summed E-state index contributed by atoms with van der Waals surface area (Å²) in [7, 11) is 0. The fraction of sp³-hybridized carbons (Fsp3) is 0.568. The van der Waals surface area contributed by atoms with Crippen molar-refractivity contribution in [2.24, 2.45) is 34.0 Å². The van der Waals surface area contributed by atoms with Gasteiger partial charge in [0, 0.05) is 46.7 Å². The minimum Gasteiger partial charge on any atom is -1.00 e. The van der Waals surface area contributed by atoms with Gasteiger partial charge in [-0.15, -0.1) is 18.3 Å². The van der Waals surface area contributed by atoms with Gasteiger partial charge >= 0.3 is 5.97 Å². The first-order valence-electron chi connectivity index (χ1n) is 16.3. The number of aromatic nitrogens is 1. The summed E-state index contributed by atoms with van der Waals surface area (Å²) in [5.41, 5.74) is 0.763. The van der Waals surface area contributed by atoms with Gasteiger partial charge in [0.15, 0.2) is 12.4 Å². The topological polar surface area (TPSA) is 96.6 Å². The maximum Gasteiger partial charge on any atom is 0.316 e.